The van der Waals surface area contributed by atoms with Gasteiger partial charge in [-0.2, -0.15) is 5.10 Å². The van der Waals surface area contributed by atoms with Crippen molar-refractivity contribution in [3.63, 3.8) is 0 Å². The first kappa shape index (κ1) is 12.7. The van der Waals surface area contributed by atoms with E-state index >= 15 is 0 Å². The van der Waals surface area contributed by atoms with E-state index in [1.54, 1.807) is 0 Å². The van der Waals surface area contributed by atoms with E-state index in [0.717, 1.165) is 30.7 Å². The summed E-state index contributed by atoms with van der Waals surface area (Å²) in [5, 5.41) is 4.23. The second-order valence-corrected chi connectivity index (χ2v) is 5.62. The van der Waals surface area contributed by atoms with E-state index in [2.05, 4.69) is 12.0 Å². The summed E-state index contributed by atoms with van der Waals surface area (Å²) < 4.78 is 7.65. The Morgan fingerprint density at radius 3 is 2.84 bits per heavy atom. The molecule has 3 nitrogen and oxygen atoms in total. The molecule has 0 saturated carbocycles. The molecule has 19 heavy (non-hydrogen) atoms. The van der Waals surface area contributed by atoms with Crippen LogP contribution < -0.4 is 0 Å². The van der Waals surface area contributed by atoms with Crippen molar-refractivity contribution in [1.82, 2.24) is 9.78 Å². The predicted molar refractivity (Wildman–Crippen MR) is 75.7 cm³/mol. The Morgan fingerprint density at radius 1 is 1.37 bits per heavy atom. The molecule has 1 saturated heterocycles. The van der Waals surface area contributed by atoms with Crippen LogP contribution in [0.3, 0.4) is 0 Å². The number of para-hydroxylation sites is 1. The second-order valence-electron chi connectivity index (χ2n) is 5.18. The van der Waals surface area contributed by atoms with Gasteiger partial charge in [0.15, 0.2) is 0 Å². The fourth-order valence-electron chi connectivity index (χ4n) is 2.54. The largest absolute Gasteiger partial charge is 0.373 e. The Balaban J connectivity index is 1.85. The molecule has 3 rings (SSSR count). The summed E-state index contributed by atoms with van der Waals surface area (Å²) >= 11 is 6.58. The molecule has 4 heteroatoms. The maximum atomic E-state index is 6.58. The first-order chi connectivity index (χ1) is 9.19. The standard InChI is InChI=1S/C15H17ClN2O/c1-15(8-5-9-19-15)14(16)12-10-17-18(11-12)13-6-3-2-4-7-13/h2-4,6-7,10-11,14H,5,8-9H2,1H3. The minimum Gasteiger partial charge on any atom is -0.373 e. The van der Waals surface area contributed by atoms with Crippen molar-refractivity contribution in [2.24, 2.45) is 0 Å². The minimum atomic E-state index is -0.272. The zero-order valence-electron chi connectivity index (χ0n) is 10.9. The average molecular weight is 277 g/mol. The van der Waals surface area contributed by atoms with E-state index in [-0.39, 0.29) is 11.0 Å². The number of rotatable bonds is 3. The molecule has 1 fully saturated rings. The quantitative estimate of drug-likeness (QED) is 0.799. The normalized spacial score (nSPS) is 24.5. The SMILES string of the molecule is CC1(C(Cl)c2cnn(-c3ccccc3)c2)CCCO1. The van der Waals surface area contributed by atoms with E-state index in [1.807, 2.05) is 47.4 Å². The maximum Gasteiger partial charge on any atom is 0.0903 e. The summed E-state index contributed by atoms with van der Waals surface area (Å²) in [6.45, 7) is 2.88. The van der Waals surface area contributed by atoms with Crippen LogP contribution in [0, 0.1) is 0 Å². The Kier molecular flexibility index (Phi) is 3.33. The monoisotopic (exact) mass is 276 g/mol. The van der Waals surface area contributed by atoms with Crippen molar-refractivity contribution < 1.29 is 4.74 Å². The smallest absolute Gasteiger partial charge is 0.0903 e. The number of alkyl halides is 1. The van der Waals surface area contributed by atoms with Gasteiger partial charge < -0.3 is 4.74 Å². The molecule has 100 valence electrons. The third kappa shape index (κ3) is 2.40. The minimum absolute atomic E-state index is 0.160. The van der Waals surface area contributed by atoms with Crippen LogP contribution in [0.4, 0.5) is 0 Å². The van der Waals surface area contributed by atoms with Crippen LogP contribution in [0.25, 0.3) is 5.69 Å². The van der Waals surface area contributed by atoms with Crippen molar-refractivity contribution in [1.29, 1.82) is 0 Å². The first-order valence-electron chi connectivity index (χ1n) is 6.57. The lowest BCUT2D eigenvalue weighted by Gasteiger charge is -2.27. The van der Waals surface area contributed by atoms with Crippen molar-refractivity contribution in [2.75, 3.05) is 6.61 Å². The number of ether oxygens (including phenoxy) is 1. The van der Waals surface area contributed by atoms with Crippen LogP contribution in [0.15, 0.2) is 42.7 Å². The molecule has 2 aromatic rings. The van der Waals surface area contributed by atoms with Gasteiger partial charge >= 0.3 is 0 Å². The third-order valence-electron chi connectivity index (χ3n) is 3.70. The molecule has 0 bridgehead atoms. The topological polar surface area (TPSA) is 27.1 Å². The van der Waals surface area contributed by atoms with Crippen LogP contribution in [0.2, 0.25) is 0 Å². The number of aromatic nitrogens is 2. The Bertz CT molecular complexity index is 546. The maximum absolute atomic E-state index is 6.58. The fourth-order valence-corrected chi connectivity index (χ4v) is 2.83. The number of halogens is 1. The molecular formula is C15H17ClN2O. The van der Waals surface area contributed by atoms with E-state index in [4.69, 9.17) is 16.3 Å². The van der Waals surface area contributed by atoms with Crippen molar-refractivity contribution >= 4 is 11.6 Å². The number of benzene rings is 1. The number of hydrogen-bond acceptors (Lipinski definition) is 2. The average Bonchev–Trinajstić information content (AvgIpc) is 3.09. The van der Waals surface area contributed by atoms with Gasteiger partial charge in [0, 0.05) is 18.4 Å². The molecule has 1 aliphatic rings. The summed E-state index contributed by atoms with van der Waals surface area (Å²) in [5.41, 5.74) is 1.77. The summed E-state index contributed by atoms with van der Waals surface area (Å²) in [6.07, 6.45) is 5.89. The highest BCUT2D eigenvalue weighted by Gasteiger charge is 2.38. The van der Waals surface area contributed by atoms with Gasteiger partial charge in [-0.05, 0) is 31.9 Å². The molecule has 0 radical (unpaired) electrons. The molecule has 0 spiro atoms. The highest BCUT2D eigenvalue weighted by molar-refractivity contribution is 6.21. The summed E-state index contributed by atoms with van der Waals surface area (Å²) in [7, 11) is 0. The van der Waals surface area contributed by atoms with Crippen LogP contribution in [0.5, 0.6) is 0 Å². The molecule has 0 N–H and O–H groups in total. The van der Waals surface area contributed by atoms with Gasteiger partial charge in [0.05, 0.1) is 22.9 Å². The lowest BCUT2D eigenvalue weighted by Crippen LogP contribution is -2.28. The van der Waals surface area contributed by atoms with Crippen LogP contribution in [0.1, 0.15) is 30.7 Å². The molecule has 1 aromatic carbocycles. The lowest BCUT2D eigenvalue weighted by molar-refractivity contribution is 0.0164. The van der Waals surface area contributed by atoms with Crippen molar-refractivity contribution in [3.8, 4) is 5.69 Å². The summed E-state index contributed by atoms with van der Waals surface area (Å²) in [6, 6.07) is 10.0. The molecular weight excluding hydrogens is 260 g/mol. The van der Waals surface area contributed by atoms with Gasteiger partial charge in [0.1, 0.15) is 0 Å². The molecule has 0 aliphatic carbocycles. The Hall–Kier alpha value is -1.32. The van der Waals surface area contributed by atoms with Gasteiger partial charge in [0.25, 0.3) is 0 Å². The molecule has 2 atom stereocenters. The molecule has 2 unspecified atom stereocenters. The predicted octanol–water partition coefficient (Wildman–Crippen LogP) is 3.72. The van der Waals surface area contributed by atoms with Gasteiger partial charge in [-0.25, -0.2) is 4.68 Å². The van der Waals surface area contributed by atoms with E-state index in [0.29, 0.717) is 0 Å². The Morgan fingerprint density at radius 2 is 2.16 bits per heavy atom. The van der Waals surface area contributed by atoms with Crippen molar-refractivity contribution in [3.05, 3.63) is 48.3 Å². The summed E-state index contributed by atoms with van der Waals surface area (Å²) in [5.74, 6) is 0. The second kappa shape index (κ2) is 4.99. The molecule has 1 aromatic heterocycles. The van der Waals surface area contributed by atoms with Gasteiger partial charge in [-0.3, -0.25) is 0 Å². The zero-order valence-corrected chi connectivity index (χ0v) is 11.7. The highest BCUT2D eigenvalue weighted by atomic mass is 35.5. The van der Waals surface area contributed by atoms with E-state index in [9.17, 15) is 0 Å². The van der Waals surface area contributed by atoms with Crippen molar-refractivity contribution in [2.45, 2.75) is 30.7 Å². The zero-order chi connectivity index (χ0) is 13.3. The summed E-state index contributed by atoms with van der Waals surface area (Å²) in [4.78, 5) is 0. The third-order valence-corrected chi connectivity index (χ3v) is 4.41. The van der Waals surface area contributed by atoms with E-state index in [1.165, 1.54) is 0 Å². The van der Waals surface area contributed by atoms with Crippen LogP contribution in [-0.2, 0) is 4.74 Å². The van der Waals surface area contributed by atoms with E-state index < -0.39 is 0 Å². The molecule has 0 amide bonds. The van der Waals surface area contributed by atoms with Crippen LogP contribution >= 0.6 is 11.6 Å². The van der Waals surface area contributed by atoms with Gasteiger partial charge in [-0.15, -0.1) is 11.6 Å². The van der Waals surface area contributed by atoms with Gasteiger partial charge in [0.2, 0.25) is 0 Å². The van der Waals surface area contributed by atoms with Crippen LogP contribution in [-0.4, -0.2) is 22.0 Å². The molecule has 1 aliphatic heterocycles. The number of hydrogen-bond donors (Lipinski definition) is 0. The lowest BCUT2D eigenvalue weighted by atomic mass is 9.95. The number of nitrogens with zero attached hydrogens (tertiary/aromatic N) is 2. The van der Waals surface area contributed by atoms with Gasteiger partial charge in [-0.1, -0.05) is 18.2 Å². The Labute approximate surface area is 118 Å². The highest BCUT2D eigenvalue weighted by Crippen LogP contribution is 2.41. The first-order valence-corrected chi connectivity index (χ1v) is 7.01. The fraction of sp³-hybridized carbons (Fsp3) is 0.400. The molecule has 2 heterocycles.